The zero-order chi connectivity index (χ0) is 19.1. The number of piperazine rings is 1. The molecule has 1 aliphatic carbocycles. The molecule has 1 amide bonds. The van der Waals surface area contributed by atoms with Gasteiger partial charge < -0.3 is 14.5 Å². The molecule has 0 bridgehead atoms. The first-order valence-corrected chi connectivity index (χ1v) is 10.0. The van der Waals surface area contributed by atoms with Crippen molar-refractivity contribution in [2.45, 2.75) is 26.2 Å². The molecule has 3 heterocycles. The Hall–Kier alpha value is -2.42. The highest BCUT2D eigenvalue weighted by molar-refractivity contribution is 7.18. The molecule has 144 valence electrons. The molecule has 2 aromatic heterocycles. The maximum absolute atomic E-state index is 12.9. The minimum absolute atomic E-state index is 0.000528. The van der Waals surface area contributed by atoms with E-state index in [1.165, 1.54) is 15.3 Å². The molecule has 0 radical (unpaired) electrons. The molecule has 1 saturated heterocycles. The minimum Gasteiger partial charge on any atom is -0.459 e. The van der Waals surface area contributed by atoms with Crippen LogP contribution in [-0.2, 0) is 34.2 Å². The number of thiophene rings is 1. The molecule has 2 aliphatic rings. The second-order valence-electron chi connectivity index (χ2n) is 6.81. The molecule has 27 heavy (non-hydrogen) atoms. The number of ether oxygens (including phenoxy) is 1. The van der Waals surface area contributed by atoms with Gasteiger partial charge in [0.1, 0.15) is 4.83 Å². The Balaban J connectivity index is 1.56. The molecule has 0 saturated carbocycles. The number of hydrogen-bond acceptors (Lipinski definition) is 7. The van der Waals surface area contributed by atoms with Crippen LogP contribution in [0.15, 0.2) is 4.79 Å². The third-order valence-corrected chi connectivity index (χ3v) is 6.41. The van der Waals surface area contributed by atoms with Crippen molar-refractivity contribution in [1.29, 1.82) is 0 Å². The van der Waals surface area contributed by atoms with Crippen LogP contribution in [0.25, 0.3) is 10.2 Å². The highest BCUT2D eigenvalue weighted by atomic mass is 32.1. The number of rotatable bonds is 2. The first kappa shape index (κ1) is 18.0. The summed E-state index contributed by atoms with van der Waals surface area (Å²) < 4.78 is 6.39. The zero-order valence-corrected chi connectivity index (χ0v) is 16.3. The van der Waals surface area contributed by atoms with E-state index >= 15 is 0 Å². The van der Waals surface area contributed by atoms with Crippen molar-refractivity contribution >= 4 is 39.4 Å². The average Bonchev–Trinajstić information content (AvgIpc) is 3.25. The Labute approximate surface area is 160 Å². The van der Waals surface area contributed by atoms with Crippen LogP contribution in [0, 0.1) is 0 Å². The van der Waals surface area contributed by atoms with Crippen molar-refractivity contribution in [1.82, 2.24) is 14.5 Å². The van der Waals surface area contributed by atoms with Crippen LogP contribution >= 0.6 is 11.3 Å². The van der Waals surface area contributed by atoms with E-state index in [4.69, 9.17) is 9.72 Å². The normalized spacial score (nSPS) is 16.7. The number of esters is 1. The standard InChI is InChI=1S/C18H22N4O4S/c1-3-26-17(25)16(24)21-7-9-22(10-8-21)18-19-14-13(15(23)20(18)2)11-5-4-6-12(11)27-14/h3-10H2,1-2H3. The summed E-state index contributed by atoms with van der Waals surface area (Å²) in [7, 11) is 1.75. The molecule has 1 fully saturated rings. The maximum atomic E-state index is 12.9. The van der Waals surface area contributed by atoms with Gasteiger partial charge in [0.05, 0.1) is 12.0 Å². The largest absolute Gasteiger partial charge is 0.459 e. The van der Waals surface area contributed by atoms with Crippen LogP contribution in [0.1, 0.15) is 23.8 Å². The Bertz CT molecular complexity index is 972. The number of aromatic nitrogens is 2. The molecule has 8 nitrogen and oxygen atoms in total. The Morgan fingerprint density at radius 3 is 2.63 bits per heavy atom. The predicted octanol–water partition coefficient (Wildman–Crippen LogP) is 0.695. The maximum Gasteiger partial charge on any atom is 0.397 e. The summed E-state index contributed by atoms with van der Waals surface area (Å²) in [6.07, 6.45) is 3.10. The summed E-state index contributed by atoms with van der Waals surface area (Å²) in [4.78, 5) is 47.0. The van der Waals surface area contributed by atoms with Crippen LogP contribution in [0.3, 0.4) is 0 Å². The Morgan fingerprint density at radius 1 is 1.19 bits per heavy atom. The second kappa shape index (κ2) is 6.95. The summed E-state index contributed by atoms with van der Waals surface area (Å²) in [5.74, 6) is -0.801. The number of nitrogens with zero attached hydrogens (tertiary/aromatic N) is 4. The van der Waals surface area contributed by atoms with Crippen LogP contribution < -0.4 is 10.5 Å². The van der Waals surface area contributed by atoms with Gasteiger partial charge in [-0.1, -0.05) is 0 Å². The van der Waals surface area contributed by atoms with Crippen LogP contribution in [0.4, 0.5) is 5.95 Å². The van der Waals surface area contributed by atoms with Crippen molar-refractivity contribution < 1.29 is 14.3 Å². The SMILES string of the molecule is CCOC(=O)C(=O)N1CCN(c2nc3sc4c(c3c(=O)n2C)CCC4)CC1. The van der Waals surface area contributed by atoms with E-state index in [0.717, 1.165) is 29.5 Å². The predicted molar refractivity (Wildman–Crippen MR) is 102 cm³/mol. The van der Waals surface area contributed by atoms with Crippen LogP contribution in [0.2, 0.25) is 0 Å². The number of carbonyl (C=O) groups excluding carboxylic acids is 2. The summed E-state index contributed by atoms with van der Waals surface area (Å²) >= 11 is 1.63. The van der Waals surface area contributed by atoms with E-state index in [0.29, 0.717) is 32.1 Å². The second-order valence-corrected chi connectivity index (χ2v) is 7.90. The van der Waals surface area contributed by atoms with E-state index in [1.54, 1.807) is 29.9 Å². The molecule has 2 aromatic rings. The van der Waals surface area contributed by atoms with Gasteiger partial charge in [-0.05, 0) is 31.7 Å². The minimum atomic E-state index is -0.814. The number of amides is 1. The molecule has 9 heteroatoms. The van der Waals surface area contributed by atoms with E-state index in [9.17, 15) is 14.4 Å². The van der Waals surface area contributed by atoms with E-state index in [1.807, 2.05) is 4.90 Å². The third kappa shape index (κ3) is 2.99. The summed E-state index contributed by atoms with van der Waals surface area (Å²) in [5, 5.41) is 0.773. The van der Waals surface area contributed by atoms with Crippen molar-refractivity contribution in [3.05, 3.63) is 20.8 Å². The quantitative estimate of drug-likeness (QED) is 0.554. The topological polar surface area (TPSA) is 84.7 Å². The molecule has 0 spiro atoms. The number of aryl methyl sites for hydroxylation is 2. The van der Waals surface area contributed by atoms with Gasteiger partial charge in [0.15, 0.2) is 0 Å². The average molecular weight is 390 g/mol. The Kier molecular flexibility index (Phi) is 4.63. The summed E-state index contributed by atoms with van der Waals surface area (Å²) in [6, 6.07) is 0. The summed E-state index contributed by atoms with van der Waals surface area (Å²) in [6.45, 7) is 3.68. The highest BCUT2D eigenvalue weighted by Gasteiger charge is 2.29. The molecule has 0 unspecified atom stereocenters. The fourth-order valence-electron chi connectivity index (χ4n) is 3.83. The van der Waals surface area contributed by atoms with Gasteiger partial charge in [-0.25, -0.2) is 9.78 Å². The first-order valence-electron chi connectivity index (χ1n) is 9.23. The molecular formula is C18H22N4O4S. The molecule has 4 rings (SSSR count). The molecule has 0 N–H and O–H groups in total. The first-order chi connectivity index (χ1) is 13.0. The van der Waals surface area contributed by atoms with Crippen molar-refractivity contribution in [3.63, 3.8) is 0 Å². The van der Waals surface area contributed by atoms with Gasteiger partial charge in [-0.3, -0.25) is 14.2 Å². The summed E-state index contributed by atoms with van der Waals surface area (Å²) in [5.41, 5.74) is 1.18. The lowest BCUT2D eigenvalue weighted by Gasteiger charge is -2.35. The fourth-order valence-corrected chi connectivity index (χ4v) is 5.07. The van der Waals surface area contributed by atoms with Gasteiger partial charge in [0.25, 0.3) is 5.56 Å². The lowest BCUT2D eigenvalue weighted by molar-refractivity contribution is -0.160. The van der Waals surface area contributed by atoms with Gasteiger partial charge in [0, 0.05) is 38.1 Å². The third-order valence-electron chi connectivity index (χ3n) is 5.22. The van der Waals surface area contributed by atoms with Crippen LogP contribution in [0.5, 0.6) is 0 Å². The highest BCUT2D eigenvalue weighted by Crippen LogP contribution is 2.35. The van der Waals surface area contributed by atoms with Gasteiger partial charge in [0.2, 0.25) is 5.95 Å². The number of fused-ring (bicyclic) bond motifs is 3. The molecule has 0 atom stereocenters. The zero-order valence-electron chi connectivity index (χ0n) is 15.5. The van der Waals surface area contributed by atoms with Crippen molar-refractivity contribution in [2.24, 2.45) is 7.05 Å². The smallest absolute Gasteiger partial charge is 0.397 e. The van der Waals surface area contributed by atoms with Gasteiger partial charge in [-0.15, -0.1) is 11.3 Å². The number of anilines is 1. The van der Waals surface area contributed by atoms with E-state index in [2.05, 4.69) is 0 Å². The van der Waals surface area contributed by atoms with Crippen molar-refractivity contribution in [3.8, 4) is 0 Å². The lowest BCUT2D eigenvalue weighted by Crippen LogP contribution is -2.52. The number of hydrogen-bond donors (Lipinski definition) is 0. The number of carbonyl (C=O) groups is 2. The van der Waals surface area contributed by atoms with E-state index in [-0.39, 0.29) is 12.2 Å². The van der Waals surface area contributed by atoms with Crippen LogP contribution in [-0.4, -0.2) is 59.1 Å². The molecule has 0 aromatic carbocycles. The lowest BCUT2D eigenvalue weighted by atomic mass is 10.2. The van der Waals surface area contributed by atoms with E-state index < -0.39 is 11.9 Å². The molecule has 1 aliphatic heterocycles. The Morgan fingerprint density at radius 2 is 1.93 bits per heavy atom. The van der Waals surface area contributed by atoms with Crippen molar-refractivity contribution in [2.75, 3.05) is 37.7 Å². The monoisotopic (exact) mass is 390 g/mol. The van der Waals surface area contributed by atoms with Gasteiger partial charge >= 0.3 is 11.9 Å². The van der Waals surface area contributed by atoms with Gasteiger partial charge in [-0.2, -0.15) is 0 Å². The fraction of sp³-hybridized carbons (Fsp3) is 0.556. The molecular weight excluding hydrogens is 368 g/mol.